The van der Waals surface area contributed by atoms with E-state index in [-0.39, 0.29) is 18.2 Å². The summed E-state index contributed by atoms with van der Waals surface area (Å²) >= 11 is 0. The molecular weight excluding hydrogens is 316 g/mol. The van der Waals surface area contributed by atoms with E-state index < -0.39 is 0 Å². The number of rotatable bonds is 4. The van der Waals surface area contributed by atoms with Gasteiger partial charge in [0.15, 0.2) is 11.5 Å². The average Bonchev–Trinajstić information content (AvgIpc) is 2.56. The van der Waals surface area contributed by atoms with Crippen molar-refractivity contribution < 1.29 is 14.6 Å². The van der Waals surface area contributed by atoms with Gasteiger partial charge >= 0.3 is 0 Å². The van der Waals surface area contributed by atoms with E-state index in [2.05, 4.69) is 10.3 Å². The van der Waals surface area contributed by atoms with E-state index in [1.807, 2.05) is 30.3 Å². The van der Waals surface area contributed by atoms with Crippen LogP contribution in [0.3, 0.4) is 0 Å². The van der Waals surface area contributed by atoms with Gasteiger partial charge in [0.25, 0.3) is 0 Å². The number of aromatic nitrogens is 1. The maximum atomic E-state index is 9.35. The van der Waals surface area contributed by atoms with E-state index in [9.17, 15) is 5.11 Å². The lowest BCUT2D eigenvalue weighted by atomic mass is 10.1. The van der Waals surface area contributed by atoms with Crippen LogP contribution >= 0.6 is 12.4 Å². The maximum Gasteiger partial charge on any atom is 0.162 e. The standard InChI is InChI=1S/C17H16N2O3.ClH/c1-21-16-9-13-14(19-11-3-5-12(20)6-4-11)7-8-18-15(13)10-17(16)22-2;/h3-10,20H,1-2H3,(H,18,19);1H. The van der Waals surface area contributed by atoms with Crippen molar-refractivity contribution >= 4 is 34.7 Å². The fourth-order valence-electron chi connectivity index (χ4n) is 2.28. The molecule has 0 amide bonds. The van der Waals surface area contributed by atoms with Gasteiger partial charge in [0, 0.05) is 29.0 Å². The lowest BCUT2D eigenvalue weighted by Gasteiger charge is -2.13. The van der Waals surface area contributed by atoms with Crippen LogP contribution in [0.2, 0.25) is 0 Å². The number of halogens is 1. The molecule has 2 aromatic carbocycles. The first-order valence-corrected chi connectivity index (χ1v) is 6.78. The van der Waals surface area contributed by atoms with Crippen LogP contribution in [0.25, 0.3) is 10.9 Å². The van der Waals surface area contributed by atoms with Crippen molar-refractivity contribution in [1.29, 1.82) is 0 Å². The number of hydrogen-bond acceptors (Lipinski definition) is 5. The van der Waals surface area contributed by atoms with Crippen LogP contribution in [0.4, 0.5) is 11.4 Å². The summed E-state index contributed by atoms with van der Waals surface area (Å²) in [6.07, 6.45) is 1.73. The minimum Gasteiger partial charge on any atom is -0.508 e. The number of pyridine rings is 1. The lowest BCUT2D eigenvalue weighted by Crippen LogP contribution is -1.95. The third-order valence-corrected chi connectivity index (χ3v) is 3.39. The van der Waals surface area contributed by atoms with Crippen LogP contribution in [0.5, 0.6) is 17.2 Å². The molecule has 3 aromatic rings. The molecule has 0 saturated heterocycles. The van der Waals surface area contributed by atoms with Crippen molar-refractivity contribution in [1.82, 2.24) is 4.98 Å². The Bertz CT molecular complexity index is 807. The van der Waals surface area contributed by atoms with Gasteiger partial charge in [-0.1, -0.05) is 0 Å². The normalized spacial score (nSPS) is 10.0. The monoisotopic (exact) mass is 332 g/mol. The summed E-state index contributed by atoms with van der Waals surface area (Å²) in [5.41, 5.74) is 2.58. The first-order chi connectivity index (χ1) is 10.7. The number of hydrogen-bond donors (Lipinski definition) is 2. The van der Waals surface area contributed by atoms with Crippen LogP contribution in [-0.2, 0) is 0 Å². The first-order valence-electron chi connectivity index (χ1n) is 6.78. The van der Waals surface area contributed by atoms with Gasteiger partial charge in [0.05, 0.1) is 19.7 Å². The van der Waals surface area contributed by atoms with E-state index >= 15 is 0 Å². The second-order valence-corrected chi connectivity index (χ2v) is 4.75. The number of nitrogens with one attached hydrogen (secondary N) is 1. The van der Waals surface area contributed by atoms with Gasteiger partial charge in [-0.15, -0.1) is 12.4 Å². The van der Waals surface area contributed by atoms with Crippen LogP contribution in [-0.4, -0.2) is 24.3 Å². The van der Waals surface area contributed by atoms with E-state index in [0.29, 0.717) is 11.5 Å². The molecule has 23 heavy (non-hydrogen) atoms. The van der Waals surface area contributed by atoms with Crippen molar-refractivity contribution in [3.05, 3.63) is 48.7 Å². The maximum absolute atomic E-state index is 9.35. The fraction of sp³-hybridized carbons (Fsp3) is 0.118. The summed E-state index contributed by atoms with van der Waals surface area (Å²) in [6.45, 7) is 0. The number of anilines is 2. The molecule has 6 heteroatoms. The molecule has 0 radical (unpaired) electrons. The molecule has 0 saturated carbocycles. The molecule has 0 aliphatic rings. The highest BCUT2D eigenvalue weighted by atomic mass is 35.5. The SMILES string of the molecule is COc1cc2nccc(Nc3ccc(O)cc3)c2cc1OC.Cl. The molecule has 0 bridgehead atoms. The molecule has 0 aliphatic heterocycles. The topological polar surface area (TPSA) is 63.6 Å². The molecule has 1 aromatic heterocycles. The number of aromatic hydroxyl groups is 1. The van der Waals surface area contributed by atoms with Crippen molar-refractivity contribution in [2.24, 2.45) is 0 Å². The minimum absolute atomic E-state index is 0. The molecule has 1 heterocycles. The Hall–Kier alpha value is -2.66. The van der Waals surface area contributed by atoms with Gasteiger partial charge in [-0.05, 0) is 36.4 Å². The molecule has 2 N–H and O–H groups in total. The van der Waals surface area contributed by atoms with E-state index in [1.165, 1.54) is 0 Å². The van der Waals surface area contributed by atoms with Crippen molar-refractivity contribution in [2.75, 3.05) is 19.5 Å². The highest BCUT2D eigenvalue weighted by molar-refractivity contribution is 5.95. The van der Waals surface area contributed by atoms with Crippen molar-refractivity contribution in [3.8, 4) is 17.2 Å². The number of nitrogens with zero attached hydrogens (tertiary/aromatic N) is 1. The fourth-order valence-corrected chi connectivity index (χ4v) is 2.28. The minimum atomic E-state index is 0. The molecule has 0 spiro atoms. The summed E-state index contributed by atoms with van der Waals surface area (Å²) in [7, 11) is 3.20. The van der Waals surface area contributed by atoms with Crippen molar-refractivity contribution in [3.63, 3.8) is 0 Å². The lowest BCUT2D eigenvalue weighted by molar-refractivity contribution is 0.356. The van der Waals surface area contributed by atoms with Crippen LogP contribution in [0.1, 0.15) is 0 Å². The zero-order valence-electron chi connectivity index (χ0n) is 12.7. The molecule has 0 aliphatic carbocycles. The number of phenols is 1. The summed E-state index contributed by atoms with van der Waals surface area (Å²) < 4.78 is 10.7. The largest absolute Gasteiger partial charge is 0.508 e. The Kier molecular flexibility index (Phi) is 5.13. The third-order valence-electron chi connectivity index (χ3n) is 3.39. The Morgan fingerprint density at radius 3 is 2.26 bits per heavy atom. The second kappa shape index (κ2) is 7.07. The zero-order valence-corrected chi connectivity index (χ0v) is 13.6. The molecule has 120 valence electrons. The zero-order chi connectivity index (χ0) is 15.5. The Labute approximate surface area is 140 Å². The van der Waals surface area contributed by atoms with E-state index in [4.69, 9.17) is 9.47 Å². The van der Waals surface area contributed by atoms with Gasteiger partial charge < -0.3 is 19.9 Å². The summed E-state index contributed by atoms with van der Waals surface area (Å²) in [5, 5.41) is 13.6. The quantitative estimate of drug-likeness (QED) is 0.703. The third kappa shape index (κ3) is 3.40. The average molecular weight is 333 g/mol. The van der Waals surface area contributed by atoms with E-state index in [1.54, 1.807) is 32.5 Å². The van der Waals surface area contributed by atoms with Gasteiger partial charge in [0.2, 0.25) is 0 Å². The number of phenolic OH excluding ortho intramolecular Hbond substituents is 1. The molecular formula is C17H17ClN2O3. The first kappa shape index (κ1) is 16.7. The highest BCUT2D eigenvalue weighted by Crippen LogP contribution is 2.35. The summed E-state index contributed by atoms with van der Waals surface area (Å²) in [6, 6.07) is 12.5. The number of ether oxygens (including phenoxy) is 2. The number of methoxy groups -OCH3 is 2. The predicted molar refractivity (Wildman–Crippen MR) is 93.5 cm³/mol. The van der Waals surface area contributed by atoms with Gasteiger partial charge in [-0.3, -0.25) is 4.98 Å². The van der Waals surface area contributed by atoms with E-state index in [0.717, 1.165) is 22.3 Å². The van der Waals surface area contributed by atoms with Crippen LogP contribution in [0, 0.1) is 0 Å². The molecule has 3 rings (SSSR count). The van der Waals surface area contributed by atoms with Crippen LogP contribution < -0.4 is 14.8 Å². The highest BCUT2D eigenvalue weighted by Gasteiger charge is 2.10. The van der Waals surface area contributed by atoms with Crippen LogP contribution in [0.15, 0.2) is 48.7 Å². The second-order valence-electron chi connectivity index (χ2n) is 4.75. The molecule has 0 atom stereocenters. The predicted octanol–water partition coefficient (Wildman–Crippen LogP) is 4.12. The van der Waals surface area contributed by atoms with Gasteiger partial charge in [-0.2, -0.15) is 0 Å². The Morgan fingerprint density at radius 1 is 0.957 bits per heavy atom. The van der Waals surface area contributed by atoms with Gasteiger partial charge in [0.1, 0.15) is 5.75 Å². The molecule has 0 unspecified atom stereocenters. The Morgan fingerprint density at radius 2 is 1.61 bits per heavy atom. The summed E-state index contributed by atoms with van der Waals surface area (Å²) in [4.78, 5) is 4.37. The number of fused-ring (bicyclic) bond motifs is 1. The molecule has 0 fully saturated rings. The number of benzene rings is 2. The van der Waals surface area contributed by atoms with Gasteiger partial charge in [-0.25, -0.2) is 0 Å². The summed E-state index contributed by atoms with van der Waals surface area (Å²) in [5.74, 6) is 1.53. The smallest absolute Gasteiger partial charge is 0.162 e. The van der Waals surface area contributed by atoms with Crippen molar-refractivity contribution in [2.45, 2.75) is 0 Å². The Balaban J connectivity index is 0.00000192. The molecule has 5 nitrogen and oxygen atoms in total.